The molecule has 0 radical (unpaired) electrons. The first-order valence-corrected chi connectivity index (χ1v) is 7.07. The van der Waals surface area contributed by atoms with E-state index in [0.29, 0.717) is 0 Å². The highest BCUT2D eigenvalue weighted by Gasteiger charge is 2.36. The Balaban J connectivity index is 1.57. The molecule has 2 saturated heterocycles. The maximum absolute atomic E-state index is 12.6. The lowest BCUT2D eigenvalue weighted by atomic mass is 10.1. The van der Waals surface area contributed by atoms with Gasteiger partial charge in [0, 0.05) is 31.7 Å². The predicted molar refractivity (Wildman–Crippen MR) is 70.8 cm³/mol. The molecule has 3 aliphatic heterocycles. The van der Waals surface area contributed by atoms with Crippen molar-refractivity contribution in [3.05, 3.63) is 34.9 Å². The van der Waals surface area contributed by atoms with Gasteiger partial charge in [0.25, 0.3) is 5.91 Å². The summed E-state index contributed by atoms with van der Waals surface area (Å²) in [7, 11) is 0. The highest BCUT2D eigenvalue weighted by Crippen LogP contribution is 2.27. The van der Waals surface area contributed by atoms with Gasteiger partial charge in [-0.25, -0.2) is 0 Å². The zero-order valence-electron chi connectivity index (χ0n) is 10.9. The number of morpholine rings is 1. The number of carbonyl (C=O) groups excluding carboxylic acids is 1. The Morgan fingerprint density at radius 1 is 1.16 bits per heavy atom. The second-order valence-corrected chi connectivity index (χ2v) is 5.75. The lowest BCUT2D eigenvalue weighted by molar-refractivity contribution is -0.0303. The SMILES string of the molecule is O=C(c1ccc2c(c1)CNC2)N1CC2CCC(C1)O2. The summed E-state index contributed by atoms with van der Waals surface area (Å²) in [5.74, 6) is 0.162. The van der Waals surface area contributed by atoms with Crippen molar-refractivity contribution in [1.82, 2.24) is 10.2 Å². The van der Waals surface area contributed by atoms with Gasteiger partial charge in [0.15, 0.2) is 0 Å². The first kappa shape index (κ1) is 11.4. The fourth-order valence-corrected chi connectivity index (χ4v) is 3.39. The summed E-state index contributed by atoms with van der Waals surface area (Å²) in [6.45, 7) is 3.31. The number of benzene rings is 1. The molecule has 0 aromatic heterocycles. The number of hydrogen-bond donors (Lipinski definition) is 1. The number of nitrogens with zero attached hydrogens (tertiary/aromatic N) is 1. The van der Waals surface area contributed by atoms with Crippen LogP contribution in [0, 0.1) is 0 Å². The minimum atomic E-state index is 0.162. The Kier molecular flexibility index (Phi) is 2.60. The van der Waals surface area contributed by atoms with E-state index < -0.39 is 0 Å². The molecule has 2 atom stereocenters. The summed E-state index contributed by atoms with van der Waals surface area (Å²) >= 11 is 0. The van der Waals surface area contributed by atoms with Crippen LogP contribution >= 0.6 is 0 Å². The molecule has 2 fully saturated rings. The van der Waals surface area contributed by atoms with Crippen LogP contribution in [0.4, 0.5) is 0 Å². The molecular weight excluding hydrogens is 240 g/mol. The molecule has 2 unspecified atom stereocenters. The third kappa shape index (κ3) is 1.95. The van der Waals surface area contributed by atoms with Gasteiger partial charge in [-0.15, -0.1) is 0 Å². The van der Waals surface area contributed by atoms with Crippen molar-refractivity contribution in [3.63, 3.8) is 0 Å². The number of carbonyl (C=O) groups is 1. The van der Waals surface area contributed by atoms with Gasteiger partial charge >= 0.3 is 0 Å². The Morgan fingerprint density at radius 2 is 1.89 bits per heavy atom. The number of nitrogens with one attached hydrogen (secondary N) is 1. The van der Waals surface area contributed by atoms with Crippen LogP contribution in [0.2, 0.25) is 0 Å². The van der Waals surface area contributed by atoms with Gasteiger partial charge in [-0.2, -0.15) is 0 Å². The average molecular weight is 258 g/mol. The molecule has 2 bridgehead atoms. The first-order chi connectivity index (χ1) is 9.29. The first-order valence-electron chi connectivity index (χ1n) is 7.07. The van der Waals surface area contributed by atoms with E-state index in [1.165, 1.54) is 11.1 Å². The fraction of sp³-hybridized carbons (Fsp3) is 0.533. The van der Waals surface area contributed by atoms with Crippen LogP contribution in [0.15, 0.2) is 18.2 Å². The van der Waals surface area contributed by atoms with Crippen LogP contribution in [0.25, 0.3) is 0 Å². The molecule has 1 aromatic carbocycles. The van der Waals surface area contributed by atoms with Gasteiger partial charge in [-0.1, -0.05) is 6.07 Å². The van der Waals surface area contributed by atoms with E-state index in [4.69, 9.17) is 4.74 Å². The molecule has 4 rings (SSSR count). The molecule has 0 saturated carbocycles. The van der Waals surface area contributed by atoms with Gasteiger partial charge in [0.05, 0.1) is 12.2 Å². The largest absolute Gasteiger partial charge is 0.371 e. The van der Waals surface area contributed by atoms with Crippen LogP contribution in [-0.4, -0.2) is 36.1 Å². The van der Waals surface area contributed by atoms with Crippen LogP contribution < -0.4 is 5.32 Å². The molecule has 1 amide bonds. The second kappa shape index (κ2) is 4.32. The molecule has 0 aliphatic carbocycles. The molecule has 4 heteroatoms. The molecule has 1 aromatic rings. The summed E-state index contributed by atoms with van der Waals surface area (Å²) in [5.41, 5.74) is 3.41. The highest BCUT2D eigenvalue weighted by molar-refractivity contribution is 5.94. The van der Waals surface area contributed by atoms with Crippen molar-refractivity contribution in [2.75, 3.05) is 13.1 Å². The van der Waals surface area contributed by atoms with Crippen molar-refractivity contribution in [2.24, 2.45) is 0 Å². The van der Waals surface area contributed by atoms with Gasteiger partial charge in [0.1, 0.15) is 0 Å². The number of amides is 1. The summed E-state index contributed by atoms with van der Waals surface area (Å²) in [4.78, 5) is 14.5. The quantitative estimate of drug-likeness (QED) is 0.825. The highest BCUT2D eigenvalue weighted by atomic mass is 16.5. The Bertz CT molecular complexity index is 517. The Morgan fingerprint density at radius 3 is 2.68 bits per heavy atom. The molecule has 4 nitrogen and oxygen atoms in total. The molecule has 3 heterocycles. The Hall–Kier alpha value is -1.39. The minimum Gasteiger partial charge on any atom is -0.371 e. The lowest BCUT2D eigenvalue weighted by Crippen LogP contribution is -2.45. The summed E-state index contributed by atoms with van der Waals surface area (Å²) in [6, 6.07) is 6.10. The summed E-state index contributed by atoms with van der Waals surface area (Å²) in [5, 5.41) is 3.31. The van der Waals surface area contributed by atoms with Gasteiger partial charge < -0.3 is 15.0 Å². The van der Waals surface area contributed by atoms with Crippen LogP contribution in [0.1, 0.15) is 34.3 Å². The van der Waals surface area contributed by atoms with Crippen molar-refractivity contribution in [3.8, 4) is 0 Å². The summed E-state index contributed by atoms with van der Waals surface area (Å²) in [6.07, 6.45) is 2.73. The predicted octanol–water partition coefficient (Wildman–Crippen LogP) is 1.29. The molecular formula is C15H18N2O2. The van der Waals surface area contributed by atoms with E-state index in [1.807, 2.05) is 11.0 Å². The minimum absolute atomic E-state index is 0.162. The van der Waals surface area contributed by atoms with E-state index in [0.717, 1.165) is 44.6 Å². The molecule has 3 aliphatic rings. The van der Waals surface area contributed by atoms with E-state index in [2.05, 4.69) is 17.4 Å². The van der Waals surface area contributed by atoms with Crippen LogP contribution in [0.3, 0.4) is 0 Å². The van der Waals surface area contributed by atoms with E-state index in [9.17, 15) is 4.79 Å². The maximum Gasteiger partial charge on any atom is 0.254 e. The lowest BCUT2D eigenvalue weighted by Gasteiger charge is -2.32. The molecule has 100 valence electrons. The molecule has 1 N–H and O–H groups in total. The monoisotopic (exact) mass is 258 g/mol. The van der Waals surface area contributed by atoms with Gasteiger partial charge in [0.2, 0.25) is 0 Å². The van der Waals surface area contributed by atoms with E-state index in [-0.39, 0.29) is 18.1 Å². The molecule has 19 heavy (non-hydrogen) atoms. The normalized spacial score (nSPS) is 28.5. The third-order valence-electron chi connectivity index (χ3n) is 4.41. The average Bonchev–Trinajstić information content (AvgIpc) is 3.03. The van der Waals surface area contributed by atoms with Gasteiger partial charge in [-0.05, 0) is 36.1 Å². The van der Waals surface area contributed by atoms with Gasteiger partial charge in [-0.3, -0.25) is 4.79 Å². The second-order valence-electron chi connectivity index (χ2n) is 5.75. The number of likely N-dealkylation sites (tertiary alicyclic amines) is 1. The Labute approximate surface area is 112 Å². The van der Waals surface area contributed by atoms with Crippen LogP contribution in [-0.2, 0) is 17.8 Å². The van der Waals surface area contributed by atoms with Crippen molar-refractivity contribution in [2.45, 2.75) is 38.1 Å². The third-order valence-corrected chi connectivity index (χ3v) is 4.41. The van der Waals surface area contributed by atoms with Crippen LogP contribution in [0.5, 0.6) is 0 Å². The zero-order valence-corrected chi connectivity index (χ0v) is 10.9. The number of ether oxygens (including phenoxy) is 1. The number of rotatable bonds is 1. The fourth-order valence-electron chi connectivity index (χ4n) is 3.39. The van der Waals surface area contributed by atoms with Crippen molar-refractivity contribution < 1.29 is 9.53 Å². The smallest absolute Gasteiger partial charge is 0.254 e. The number of fused-ring (bicyclic) bond motifs is 3. The van der Waals surface area contributed by atoms with Crippen molar-refractivity contribution >= 4 is 5.91 Å². The summed E-state index contributed by atoms with van der Waals surface area (Å²) < 4.78 is 5.78. The van der Waals surface area contributed by atoms with E-state index >= 15 is 0 Å². The maximum atomic E-state index is 12.6. The zero-order chi connectivity index (χ0) is 12.8. The topological polar surface area (TPSA) is 41.6 Å². The van der Waals surface area contributed by atoms with E-state index in [1.54, 1.807) is 0 Å². The standard InChI is InChI=1S/C15H18N2O2/c18-15(17-8-13-3-4-14(9-17)19-13)10-1-2-11-6-16-7-12(11)5-10/h1-2,5,13-14,16H,3-4,6-9H2. The molecule has 0 spiro atoms. The van der Waals surface area contributed by atoms with Crippen molar-refractivity contribution in [1.29, 1.82) is 0 Å². The number of hydrogen-bond acceptors (Lipinski definition) is 3.